The molecule has 1 aromatic heterocycles. The molecule has 7 heteroatoms. The average molecular weight is 293 g/mol. The Morgan fingerprint density at radius 1 is 1.05 bits per heavy atom. The van der Waals surface area contributed by atoms with E-state index in [1.807, 2.05) is 0 Å². The number of benzene rings is 1. The van der Waals surface area contributed by atoms with Crippen molar-refractivity contribution in [2.75, 3.05) is 45.4 Å². The summed E-state index contributed by atoms with van der Waals surface area (Å²) >= 11 is 0. The first kappa shape index (κ1) is 15.3. The molecule has 0 saturated carbocycles. The molecule has 0 spiro atoms. The number of hydrogen-bond donors (Lipinski definition) is 2. The van der Waals surface area contributed by atoms with E-state index in [9.17, 15) is 0 Å². The number of ether oxygens (including phenoxy) is 2. The van der Waals surface area contributed by atoms with Gasteiger partial charge in [-0.15, -0.1) is 0 Å². The molecule has 7 nitrogen and oxygen atoms in total. The summed E-state index contributed by atoms with van der Waals surface area (Å²) in [6.45, 7) is 0.652. The predicted octanol–water partition coefficient (Wildman–Crippen LogP) is 0.438. The second-order valence-electron chi connectivity index (χ2n) is 4.37. The summed E-state index contributed by atoms with van der Waals surface area (Å²) in [5.41, 5.74) is 0.707. The average Bonchev–Trinajstić information content (AvgIpc) is 2.52. The van der Waals surface area contributed by atoms with Gasteiger partial charge in [0.25, 0.3) is 0 Å². The summed E-state index contributed by atoms with van der Waals surface area (Å²) in [5, 5.41) is 19.0. The van der Waals surface area contributed by atoms with Gasteiger partial charge in [0.05, 0.1) is 33.0 Å². The van der Waals surface area contributed by atoms with Crippen LogP contribution in [0.25, 0.3) is 10.9 Å². The van der Waals surface area contributed by atoms with E-state index in [1.54, 1.807) is 37.4 Å². The first-order chi connectivity index (χ1) is 10.2. The van der Waals surface area contributed by atoms with E-state index in [0.717, 1.165) is 5.39 Å². The highest BCUT2D eigenvalue weighted by atomic mass is 16.5. The molecule has 0 aliphatic heterocycles. The van der Waals surface area contributed by atoms with Gasteiger partial charge in [-0.25, -0.2) is 9.97 Å². The molecule has 2 N–H and O–H groups in total. The van der Waals surface area contributed by atoms with Crippen LogP contribution in [-0.4, -0.2) is 60.7 Å². The minimum Gasteiger partial charge on any atom is -0.493 e. The van der Waals surface area contributed by atoms with Crippen molar-refractivity contribution in [3.63, 3.8) is 0 Å². The summed E-state index contributed by atoms with van der Waals surface area (Å²) in [6, 6.07) is 3.58. The van der Waals surface area contributed by atoms with Crippen LogP contribution >= 0.6 is 0 Å². The molecule has 1 heterocycles. The molecule has 21 heavy (non-hydrogen) atoms. The molecule has 0 unspecified atom stereocenters. The first-order valence-corrected chi connectivity index (χ1v) is 6.59. The van der Waals surface area contributed by atoms with Gasteiger partial charge in [0, 0.05) is 30.7 Å². The molecule has 0 radical (unpaired) electrons. The monoisotopic (exact) mass is 293 g/mol. The Morgan fingerprint density at radius 2 is 1.67 bits per heavy atom. The smallest absolute Gasteiger partial charge is 0.226 e. The quantitative estimate of drug-likeness (QED) is 0.765. The van der Waals surface area contributed by atoms with Crippen LogP contribution in [0.15, 0.2) is 18.3 Å². The highest BCUT2D eigenvalue weighted by Gasteiger charge is 2.12. The van der Waals surface area contributed by atoms with E-state index in [2.05, 4.69) is 9.97 Å². The van der Waals surface area contributed by atoms with E-state index in [1.165, 1.54) is 0 Å². The van der Waals surface area contributed by atoms with Gasteiger partial charge < -0.3 is 24.6 Å². The largest absolute Gasteiger partial charge is 0.493 e. The predicted molar refractivity (Wildman–Crippen MR) is 79.0 cm³/mol. The van der Waals surface area contributed by atoms with Gasteiger partial charge in [-0.1, -0.05) is 0 Å². The Labute approximate surface area is 122 Å². The Bertz CT molecular complexity index is 600. The lowest BCUT2D eigenvalue weighted by molar-refractivity contribution is 0.280. The van der Waals surface area contributed by atoms with E-state index < -0.39 is 0 Å². The number of rotatable bonds is 7. The Morgan fingerprint density at radius 3 is 2.24 bits per heavy atom. The number of fused-ring (bicyclic) bond motifs is 1. The van der Waals surface area contributed by atoms with Crippen molar-refractivity contribution < 1.29 is 19.7 Å². The zero-order valence-electron chi connectivity index (χ0n) is 12.1. The molecule has 0 fully saturated rings. The number of methoxy groups -OCH3 is 2. The Balaban J connectivity index is 2.44. The fourth-order valence-corrected chi connectivity index (χ4v) is 2.05. The van der Waals surface area contributed by atoms with E-state index in [4.69, 9.17) is 19.7 Å². The lowest BCUT2D eigenvalue weighted by Gasteiger charge is -2.20. The van der Waals surface area contributed by atoms with E-state index in [0.29, 0.717) is 36.1 Å². The molecule has 2 rings (SSSR count). The van der Waals surface area contributed by atoms with Crippen LogP contribution in [0.5, 0.6) is 11.5 Å². The van der Waals surface area contributed by atoms with Gasteiger partial charge in [0.15, 0.2) is 11.5 Å². The number of aliphatic hydroxyl groups excluding tert-OH is 2. The maximum atomic E-state index is 9.07. The van der Waals surface area contributed by atoms with Crippen molar-refractivity contribution in [3.8, 4) is 11.5 Å². The topological polar surface area (TPSA) is 87.9 Å². The van der Waals surface area contributed by atoms with Crippen molar-refractivity contribution >= 4 is 16.9 Å². The summed E-state index contributed by atoms with van der Waals surface area (Å²) < 4.78 is 10.5. The van der Waals surface area contributed by atoms with Crippen LogP contribution in [0.4, 0.5) is 5.95 Å². The number of hydrogen-bond acceptors (Lipinski definition) is 7. The standard InChI is InChI=1S/C14H19N3O4/c1-20-12-7-10-9-15-14(17(3-5-18)4-6-19)16-11(10)8-13(12)21-2/h7-9,18-19H,3-6H2,1-2H3. The fraction of sp³-hybridized carbons (Fsp3) is 0.429. The summed E-state index contributed by atoms with van der Waals surface area (Å²) in [4.78, 5) is 10.4. The lowest BCUT2D eigenvalue weighted by Crippen LogP contribution is -2.31. The molecule has 0 aliphatic rings. The Kier molecular flexibility index (Phi) is 5.13. The van der Waals surface area contributed by atoms with Crippen LogP contribution in [0.3, 0.4) is 0 Å². The maximum absolute atomic E-state index is 9.07. The lowest BCUT2D eigenvalue weighted by atomic mass is 10.2. The van der Waals surface area contributed by atoms with Crippen molar-refractivity contribution in [3.05, 3.63) is 18.3 Å². The van der Waals surface area contributed by atoms with Gasteiger partial charge in [-0.3, -0.25) is 0 Å². The summed E-state index contributed by atoms with van der Waals surface area (Å²) in [7, 11) is 3.14. The second-order valence-corrected chi connectivity index (χ2v) is 4.37. The van der Waals surface area contributed by atoms with Crippen LogP contribution in [0.1, 0.15) is 0 Å². The summed E-state index contributed by atoms with van der Waals surface area (Å²) in [6.07, 6.45) is 1.68. The van der Waals surface area contributed by atoms with Gasteiger partial charge in [0.2, 0.25) is 5.95 Å². The molecule has 114 valence electrons. The molecule has 2 aromatic rings. The molecule has 0 aliphatic carbocycles. The molecular formula is C14H19N3O4. The van der Waals surface area contributed by atoms with Gasteiger partial charge >= 0.3 is 0 Å². The molecule has 1 aromatic carbocycles. The van der Waals surface area contributed by atoms with Crippen LogP contribution in [-0.2, 0) is 0 Å². The van der Waals surface area contributed by atoms with Crippen LogP contribution in [0, 0.1) is 0 Å². The van der Waals surface area contributed by atoms with Crippen LogP contribution < -0.4 is 14.4 Å². The van der Waals surface area contributed by atoms with Crippen molar-refractivity contribution in [1.82, 2.24) is 9.97 Å². The third-order valence-corrected chi connectivity index (χ3v) is 3.10. The number of nitrogens with zero attached hydrogens (tertiary/aromatic N) is 3. The molecular weight excluding hydrogens is 274 g/mol. The van der Waals surface area contributed by atoms with Crippen molar-refractivity contribution in [2.24, 2.45) is 0 Å². The SMILES string of the molecule is COc1cc2cnc(N(CCO)CCO)nc2cc1OC. The fourth-order valence-electron chi connectivity index (χ4n) is 2.05. The highest BCUT2D eigenvalue weighted by molar-refractivity contribution is 5.82. The normalized spacial score (nSPS) is 10.7. The molecule has 0 saturated heterocycles. The molecule has 0 amide bonds. The minimum absolute atomic E-state index is 0.0344. The number of aliphatic hydroxyl groups is 2. The van der Waals surface area contributed by atoms with Crippen molar-refractivity contribution in [1.29, 1.82) is 0 Å². The van der Waals surface area contributed by atoms with Gasteiger partial charge in [0.1, 0.15) is 0 Å². The number of aromatic nitrogens is 2. The Hall–Kier alpha value is -2.12. The zero-order valence-corrected chi connectivity index (χ0v) is 12.1. The second kappa shape index (κ2) is 7.05. The van der Waals surface area contributed by atoms with E-state index >= 15 is 0 Å². The zero-order chi connectivity index (χ0) is 15.2. The van der Waals surface area contributed by atoms with Gasteiger partial charge in [-0.2, -0.15) is 0 Å². The molecule has 0 atom stereocenters. The third-order valence-electron chi connectivity index (χ3n) is 3.10. The number of anilines is 1. The molecule has 0 bridgehead atoms. The first-order valence-electron chi connectivity index (χ1n) is 6.59. The van der Waals surface area contributed by atoms with Crippen molar-refractivity contribution in [2.45, 2.75) is 0 Å². The van der Waals surface area contributed by atoms with Gasteiger partial charge in [-0.05, 0) is 6.07 Å². The highest BCUT2D eigenvalue weighted by Crippen LogP contribution is 2.31. The maximum Gasteiger partial charge on any atom is 0.226 e. The third kappa shape index (κ3) is 3.32. The van der Waals surface area contributed by atoms with E-state index in [-0.39, 0.29) is 13.2 Å². The summed E-state index contributed by atoms with van der Waals surface area (Å²) in [5.74, 6) is 1.66. The van der Waals surface area contributed by atoms with Crippen LogP contribution in [0.2, 0.25) is 0 Å². The minimum atomic E-state index is -0.0344.